The number of likely N-dealkylation sites (N-methyl/N-ethyl adjacent to an activating group) is 1. The van der Waals surface area contributed by atoms with Crippen molar-refractivity contribution in [1.29, 1.82) is 0 Å². The maximum atomic E-state index is 8.99. The highest BCUT2D eigenvalue weighted by molar-refractivity contribution is 4.94. The predicted molar refractivity (Wildman–Crippen MR) is 70.2 cm³/mol. The van der Waals surface area contributed by atoms with Gasteiger partial charge in [-0.1, -0.05) is 0 Å². The van der Waals surface area contributed by atoms with Crippen LogP contribution in [0.1, 0.15) is 19.3 Å². The van der Waals surface area contributed by atoms with Crippen LogP contribution >= 0.6 is 0 Å². The van der Waals surface area contributed by atoms with Crippen LogP contribution in [0, 0.1) is 5.41 Å². The molecule has 1 saturated carbocycles. The van der Waals surface area contributed by atoms with Crippen LogP contribution in [0.2, 0.25) is 0 Å². The summed E-state index contributed by atoms with van der Waals surface area (Å²) in [5.41, 5.74) is 0.455. The summed E-state index contributed by atoms with van der Waals surface area (Å²) in [6.45, 7) is 8.53. The third-order valence-corrected chi connectivity index (χ3v) is 4.30. The Labute approximate surface area is 105 Å². The lowest BCUT2D eigenvalue weighted by molar-refractivity contribution is 0.153. The van der Waals surface area contributed by atoms with Crippen LogP contribution in [0.25, 0.3) is 0 Å². The molecule has 1 saturated heterocycles. The van der Waals surface area contributed by atoms with Crippen molar-refractivity contribution in [1.82, 2.24) is 15.1 Å². The van der Waals surface area contributed by atoms with Crippen molar-refractivity contribution in [3.63, 3.8) is 0 Å². The van der Waals surface area contributed by atoms with Crippen LogP contribution in [0.15, 0.2) is 0 Å². The van der Waals surface area contributed by atoms with Crippen LogP contribution < -0.4 is 5.32 Å². The minimum atomic E-state index is 0.347. The van der Waals surface area contributed by atoms with Gasteiger partial charge < -0.3 is 15.3 Å². The van der Waals surface area contributed by atoms with E-state index < -0.39 is 0 Å². The Balaban J connectivity index is 1.52. The Morgan fingerprint density at radius 2 is 1.88 bits per heavy atom. The highest BCUT2D eigenvalue weighted by Gasteiger charge is 2.41. The largest absolute Gasteiger partial charge is 0.396 e. The van der Waals surface area contributed by atoms with Crippen molar-refractivity contribution in [2.45, 2.75) is 19.3 Å². The smallest absolute Gasteiger partial charge is 0.0436 e. The van der Waals surface area contributed by atoms with E-state index in [9.17, 15) is 0 Å². The van der Waals surface area contributed by atoms with E-state index in [1.54, 1.807) is 0 Å². The molecule has 0 aromatic heterocycles. The first-order valence-corrected chi connectivity index (χ1v) is 6.97. The lowest BCUT2D eigenvalue weighted by Gasteiger charge is -2.32. The van der Waals surface area contributed by atoms with Crippen LogP contribution in [0.4, 0.5) is 0 Å². The van der Waals surface area contributed by atoms with Crippen molar-refractivity contribution in [2.75, 3.05) is 59.5 Å². The zero-order valence-electron chi connectivity index (χ0n) is 11.1. The Kier molecular flexibility index (Phi) is 4.79. The van der Waals surface area contributed by atoms with E-state index in [0.717, 1.165) is 19.5 Å². The van der Waals surface area contributed by atoms with Gasteiger partial charge in [0.2, 0.25) is 0 Å². The number of aliphatic hydroxyl groups is 1. The van der Waals surface area contributed by atoms with Gasteiger partial charge in [0.15, 0.2) is 0 Å². The number of aliphatic hydroxyl groups excluding tert-OH is 1. The molecule has 0 aromatic rings. The lowest BCUT2D eigenvalue weighted by atomic mass is 10.0. The van der Waals surface area contributed by atoms with Gasteiger partial charge in [0.05, 0.1) is 0 Å². The third kappa shape index (κ3) is 4.21. The van der Waals surface area contributed by atoms with Crippen molar-refractivity contribution >= 4 is 0 Å². The molecule has 2 rings (SSSR count). The standard InChI is InChI=1S/C13H27N3O/c1-15-7-9-16(10-8-15)6-5-14-12-13(2-3-13)4-11-17/h14,17H,2-12H2,1H3. The molecule has 4 nitrogen and oxygen atoms in total. The van der Waals surface area contributed by atoms with Crippen LogP contribution in [-0.2, 0) is 0 Å². The summed E-state index contributed by atoms with van der Waals surface area (Å²) >= 11 is 0. The Bertz CT molecular complexity index is 223. The third-order valence-electron chi connectivity index (χ3n) is 4.30. The second-order valence-corrected chi connectivity index (χ2v) is 5.80. The normalized spacial score (nSPS) is 25.1. The van der Waals surface area contributed by atoms with Crippen molar-refractivity contribution < 1.29 is 5.11 Å². The quantitative estimate of drug-likeness (QED) is 0.615. The van der Waals surface area contributed by atoms with Gasteiger partial charge in [-0.25, -0.2) is 0 Å². The second kappa shape index (κ2) is 6.14. The molecule has 0 spiro atoms. The summed E-state index contributed by atoms with van der Waals surface area (Å²) in [5, 5.41) is 12.6. The Hall–Kier alpha value is -0.160. The van der Waals surface area contributed by atoms with Crippen molar-refractivity contribution in [2.24, 2.45) is 5.41 Å². The van der Waals surface area contributed by atoms with Gasteiger partial charge in [-0.2, -0.15) is 0 Å². The van der Waals surface area contributed by atoms with Gasteiger partial charge in [0.25, 0.3) is 0 Å². The molecule has 2 aliphatic rings. The first-order chi connectivity index (χ1) is 8.24. The molecule has 0 radical (unpaired) electrons. The maximum absolute atomic E-state index is 8.99. The van der Waals surface area contributed by atoms with Gasteiger partial charge in [-0.3, -0.25) is 4.90 Å². The number of rotatable bonds is 7. The maximum Gasteiger partial charge on any atom is 0.0436 e. The highest BCUT2D eigenvalue weighted by atomic mass is 16.3. The molecule has 2 fully saturated rings. The van der Waals surface area contributed by atoms with E-state index in [0.29, 0.717) is 12.0 Å². The SMILES string of the molecule is CN1CCN(CCNCC2(CCO)CC2)CC1. The summed E-state index contributed by atoms with van der Waals surface area (Å²) in [6.07, 6.45) is 3.58. The fourth-order valence-electron chi connectivity index (χ4n) is 2.59. The average Bonchev–Trinajstić information content (AvgIpc) is 3.08. The number of hydrogen-bond acceptors (Lipinski definition) is 4. The molecule has 1 heterocycles. The molecule has 1 aliphatic carbocycles. The summed E-state index contributed by atoms with van der Waals surface area (Å²) in [6, 6.07) is 0. The minimum Gasteiger partial charge on any atom is -0.396 e. The van der Waals surface area contributed by atoms with Crippen molar-refractivity contribution in [3.05, 3.63) is 0 Å². The Morgan fingerprint density at radius 3 is 2.47 bits per heavy atom. The first-order valence-electron chi connectivity index (χ1n) is 6.97. The first kappa shape index (κ1) is 13.3. The molecule has 0 amide bonds. The fourth-order valence-corrected chi connectivity index (χ4v) is 2.59. The molecule has 100 valence electrons. The Morgan fingerprint density at radius 1 is 1.18 bits per heavy atom. The molecular formula is C13H27N3O. The van der Waals surface area contributed by atoms with E-state index >= 15 is 0 Å². The van der Waals surface area contributed by atoms with Crippen LogP contribution in [0.5, 0.6) is 0 Å². The monoisotopic (exact) mass is 241 g/mol. The zero-order valence-corrected chi connectivity index (χ0v) is 11.1. The number of hydrogen-bond donors (Lipinski definition) is 2. The summed E-state index contributed by atoms with van der Waals surface area (Å²) < 4.78 is 0. The molecule has 0 bridgehead atoms. The van der Waals surface area contributed by atoms with E-state index in [-0.39, 0.29) is 0 Å². The molecule has 1 aliphatic heterocycles. The molecule has 4 heteroatoms. The van der Waals surface area contributed by atoms with Gasteiger partial charge in [-0.05, 0) is 31.7 Å². The average molecular weight is 241 g/mol. The summed E-state index contributed by atoms with van der Waals surface area (Å²) in [7, 11) is 2.20. The molecule has 2 N–H and O–H groups in total. The highest BCUT2D eigenvalue weighted by Crippen LogP contribution is 2.47. The van der Waals surface area contributed by atoms with Crippen LogP contribution in [0.3, 0.4) is 0 Å². The predicted octanol–water partition coefficient (Wildman–Crippen LogP) is -0.0140. The molecule has 0 atom stereocenters. The van der Waals surface area contributed by atoms with Gasteiger partial charge in [-0.15, -0.1) is 0 Å². The molecule has 17 heavy (non-hydrogen) atoms. The van der Waals surface area contributed by atoms with Crippen molar-refractivity contribution in [3.8, 4) is 0 Å². The topological polar surface area (TPSA) is 38.7 Å². The van der Waals surface area contributed by atoms with Gasteiger partial charge >= 0.3 is 0 Å². The molecule has 0 unspecified atom stereocenters. The van der Waals surface area contributed by atoms with E-state index in [4.69, 9.17) is 5.11 Å². The lowest BCUT2D eigenvalue weighted by Crippen LogP contribution is -2.46. The summed E-state index contributed by atoms with van der Waals surface area (Å²) in [5.74, 6) is 0. The number of nitrogens with one attached hydrogen (secondary N) is 1. The number of piperazine rings is 1. The summed E-state index contributed by atoms with van der Waals surface area (Å²) in [4.78, 5) is 4.93. The van der Waals surface area contributed by atoms with E-state index in [1.807, 2.05) is 0 Å². The van der Waals surface area contributed by atoms with E-state index in [2.05, 4.69) is 22.2 Å². The molecular weight excluding hydrogens is 214 g/mol. The second-order valence-electron chi connectivity index (χ2n) is 5.80. The minimum absolute atomic E-state index is 0.347. The van der Waals surface area contributed by atoms with Crippen LogP contribution in [-0.4, -0.2) is 74.4 Å². The molecule has 0 aromatic carbocycles. The van der Waals surface area contributed by atoms with Gasteiger partial charge in [0.1, 0.15) is 0 Å². The number of nitrogens with zero attached hydrogens (tertiary/aromatic N) is 2. The van der Waals surface area contributed by atoms with Gasteiger partial charge in [0, 0.05) is 52.4 Å². The van der Waals surface area contributed by atoms with E-state index in [1.165, 1.54) is 45.6 Å². The fraction of sp³-hybridized carbons (Fsp3) is 1.00. The zero-order chi connectivity index (χ0) is 12.1.